The van der Waals surface area contributed by atoms with Crippen molar-refractivity contribution in [3.63, 3.8) is 0 Å². The lowest BCUT2D eigenvalue weighted by Crippen LogP contribution is -2.23. The van der Waals surface area contributed by atoms with Gasteiger partial charge in [-0.1, -0.05) is 18.2 Å². The summed E-state index contributed by atoms with van der Waals surface area (Å²) in [6.07, 6.45) is 2.68. The molecule has 1 saturated carbocycles. The largest absolute Gasteiger partial charge is 0.477 e. The van der Waals surface area contributed by atoms with E-state index in [1.54, 1.807) is 4.90 Å². The van der Waals surface area contributed by atoms with Gasteiger partial charge >= 0.3 is 5.97 Å². The molecule has 3 aromatic rings. The number of anilines is 1. The van der Waals surface area contributed by atoms with Gasteiger partial charge in [-0.05, 0) is 35.6 Å². The Kier molecular flexibility index (Phi) is 4.14. The maximum absolute atomic E-state index is 15.7. The van der Waals surface area contributed by atoms with Gasteiger partial charge < -0.3 is 20.3 Å². The molecular formula is C22H19F2N3O3. The zero-order valence-electron chi connectivity index (χ0n) is 16.0. The van der Waals surface area contributed by atoms with Gasteiger partial charge in [0.15, 0.2) is 5.82 Å². The summed E-state index contributed by atoms with van der Waals surface area (Å²) in [6.45, 7) is 0.963. The first-order valence-corrected chi connectivity index (χ1v) is 9.75. The Morgan fingerprint density at radius 3 is 2.67 bits per heavy atom. The summed E-state index contributed by atoms with van der Waals surface area (Å²) in [5.74, 6) is -3.14. The summed E-state index contributed by atoms with van der Waals surface area (Å²) < 4.78 is 32.3. The number of carboxylic acids is 1. The molecule has 1 aliphatic heterocycles. The number of hydrogen-bond donors (Lipinski definition) is 2. The number of carbonyl (C=O) groups is 1. The number of halogens is 2. The van der Waals surface area contributed by atoms with Gasteiger partial charge in [0.05, 0.1) is 10.9 Å². The first-order chi connectivity index (χ1) is 14.4. The fraction of sp³-hybridized carbons (Fsp3) is 0.273. The highest BCUT2D eigenvalue weighted by Crippen LogP contribution is 2.41. The van der Waals surface area contributed by atoms with Crippen molar-refractivity contribution < 1.29 is 18.7 Å². The SMILES string of the molecule is NCc1cccc2c1CN(c1c(F)cc3c(=O)c(C(=O)O)cn(C4CC4)c3c1F)C2. The summed E-state index contributed by atoms with van der Waals surface area (Å²) >= 11 is 0. The minimum Gasteiger partial charge on any atom is -0.477 e. The van der Waals surface area contributed by atoms with E-state index in [1.165, 1.54) is 10.8 Å². The van der Waals surface area contributed by atoms with Crippen molar-refractivity contribution in [1.29, 1.82) is 0 Å². The van der Waals surface area contributed by atoms with Crippen LogP contribution < -0.4 is 16.1 Å². The van der Waals surface area contributed by atoms with Crippen molar-refractivity contribution >= 4 is 22.6 Å². The summed E-state index contributed by atoms with van der Waals surface area (Å²) in [6, 6.07) is 6.54. The number of aromatic nitrogens is 1. The van der Waals surface area contributed by atoms with Crippen molar-refractivity contribution in [1.82, 2.24) is 4.57 Å². The molecule has 6 nitrogen and oxygen atoms in total. The van der Waals surface area contributed by atoms with Crippen LogP contribution in [0.5, 0.6) is 0 Å². The second kappa shape index (κ2) is 6.63. The second-order valence-corrected chi connectivity index (χ2v) is 7.85. The molecule has 2 heterocycles. The molecule has 0 unspecified atom stereocenters. The Balaban J connectivity index is 1.72. The maximum atomic E-state index is 15.7. The van der Waals surface area contributed by atoms with Crippen LogP contribution in [0.15, 0.2) is 35.3 Å². The number of benzene rings is 2. The molecule has 8 heteroatoms. The van der Waals surface area contributed by atoms with E-state index in [1.807, 2.05) is 18.2 Å². The van der Waals surface area contributed by atoms with E-state index in [4.69, 9.17) is 5.73 Å². The van der Waals surface area contributed by atoms with Crippen LogP contribution in [0.4, 0.5) is 14.5 Å². The molecule has 1 fully saturated rings. The minimum atomic E-state index is -1.41. The average molecular weight is 411 g/mol. The molecule has 0 atom stereocenters. The normalized spacial score (nSPS) is 15.6. The number of pyridine rings is 1. The van der Waals surface area contributed by atoms with Crippen molar-refractivity contribution in [2.75, 3.05) is 4.90 Å². The lowest BCUT2D eigenvalue weighted by Gasteiger charge is -2.22. The van der Waals surface area contributed by atoms with Gasteiger partial charge in [-0.2, -0.15) is 0 Å². The van der Waals surface area contributed by atoms with Crippen molar-refractivity contribution in [2.45, 2.75) is 38.5 Å². The van der Waals surface area contributed by atoms with Crippen LogP contribution in [0.2, 0.25) is 0 Å². The van der Waals surface area contributed by atoms with Crippen LogP contribution in [0.3, 0.4) is 0 Å². The fourth-order valence-corrected chi connectivity index (χ4v) is 4.36. The highest BCUT2D eigenvalue weighted by molar-refractivity contribution is 5.94. The van der Waals surface area contributed by atoms with E-state index in [2.05, 4.69) is 0 Å². The molecular weight excluding hydrogens is 392 g/mol. The highest BCUT2D eigenvalue weighted by atomic mass is 19.1. The Morgan fingerprint density at radius 1 is 1.23 bits per heavy atom. The molecule has 5 rings (SSSR count). The molecule has 1 aromatic heterocycles. The number of fused-ring (bicyclic) bond motifs is 2. The zero-order valence-corrected chi connectivity index (χ0v) is 16.0. The fourth-order valence-electron chi connectivity index (χ4n) is 4.36. The third-order valence-corrected chi connectivity index (χ3v) is 5.97. The minimum absolute atomic E-state index is 0.0427. The quantitative estimate of drug-likeness (QED) is 0.688. The Hall–Kier alpha value is -3.26. The summed E-state index contributed by atoms with van der Waals surface area (Å²) in [4.78, 5) is 25.7. The van der Waals surface area contributed by atoms with E-state index < -0.39 is 28.6 Å². The van der Waals surface area contributed by atoms with Gasteiger partial charge in [0.25, 0.3) is 0 Å². The van der Waals surface area contributed by atoms with Gasteiger partial charge in [-0.25, -0.2) is 13.6 Å². The van der Waals surface area contributed by atoms with E-state index in [-0.39, 0.29) is 22.6 Å². The molecule has 3 N–H and O–H groups in total. The summed E-state index contributed by atoms with van der Waals surface area (Å²) in [5, 5.41) is 9.10. The van der Waals surface area contributed by atoms with Crippen molar-refractivity contribution in [2.24, 2.45) is 5.73 Å². The lowest BCUT2D eigenvalue weighted by atomic mass is 10.0. The van der Waals surface area contributed by atoms with E-state index in [0.717, 1.165) is 35.6 Å². The van der Waals surface area contributed by atoms with Crippen LogP contribution >= 0.6 is 0 Å². The number of rotatable bonds is 4. The van der Waals surface area contributed by atoms with Gasteiger partial charge in [-0.3, -0.25) is 4.79 Å². The topological polar surface area (TPSA) is 88.6 Å². The van der Waals surface area contributed by atoms with Crippen LogP contribution in [-0.4, -0.2) is 15.6 Å². The van der Waals surface area contributed by atoms with Gasteiger partial charge in [0.2, 0.25) is 5.43 Å². The van der Waals surface area contributed by atoms with Crippen molar-refractivity contribution in [3.8, 4) is 0 Å². The molecule has 0 saturated heterocycles. The van der Waals surface area contributed by atoms with Gasteiger partial charge in [0, 0.05) is 31.9 Å². The predicted octanol–water partition coefficient (Wildman–Crippen LogP) is 3.29. The van der Waals surface area contributed by atoms with Crippen molar-refractivity contribution in [3.05, 3.63) is 74.6 Å². The standard InChI is InChI=1S/C22H19F2N3O3/c23-17-6-14-19(27(13-4-5-13)10-16(21(14)28)22(29)30)18(24)20(17)26-8-12-3-1-2-11(7-25)15(12)9-26/h1-3,6,10,13H,4-5,7-9,25H2,(H,29,30). The van der Waals surface area contributed by atoms with E-state index in [0.29, 0.717) is 19.6 Å². The predicted molar refractivity (Wildman–Crippen MR) is 108 cm³/mol. The number of carboxylic acid groups (broad SMARTS) is 1. The van der Waals surface area contributed by atoms with Gasteiger partial charge in [0.1, 0.15) is 17.1 Å². The second-order valence-electron chi connectivity index (χ2n) is 7.85. The van der Waals surface area contributed by atoms with Gasteiger partial charge in [-0.15, -0.1) is 0 Å². The third-order valence-electron chi connectivity index (χ3n) is 5.97. The molecule has 0 bridgehead atoms. The molecule has 2 aromatic carbocycles. The first-order valence-electron chi connectivity index (χ1n) is 9.75. The molecule has 0 radical (unpaired) electrons. The van der Waals surface area contributed by atoms with Crippen LogP contribution in [0.1, 0.15) is 45.9 Å². The number of aromatic carboxylic acids is 1. The monoisotopic (exact) mass is 411 g/mol. The smallest absolute Gasteiger partial charge is 0.341 e. The van der Waals surface area contributed by atoms with Crippen LogP contribution in [0, 0.1) is 11.6 Å². The average Bonchev–Trinajstić information content (AvgIpc) is 3.46. The lowest BCUT2D eigenvalue weighted by molar-refractivity contribution is 0.0694. The Morgan fingerprint density at radius 2 is 2.00 bits per heavy atom. The number of nitrogens with two attached hydrogens (primary N) is 1. The van der Waals surface area contributed by atoms with Crippen LogP contribution in [0.25, 0.3) is 10.9 Å². The first kappa shape index (κ1) is 18.7. The maximum Gasteiger partial charge on any atom is 0.341 e. The number of hydrogen-bond acceptors (Lipinski definition) is 4. The highest BCUT2D eigenvalue weighted by Gasteiger charge is 2.32. The van der Waals surface area contributed by atoms with E-state index in [9.17, 15) is 14.7 Å². The Labute approximate surface area is 170 Å². The zero-order chi connectivity index (χ0) is 21.2. The Bertz CT molecular complexity index is 1280. The number of nitrogens with zero attached hydrogens (tertiary/aromatic N) is 2. The summed E-state index contributed by atoms with van der Waals surface area (Å²) in [5.41, 5.74) is 7.03. The summed E-state index contributed by atoms with van der Waals surface area (Å²) in [7, 11) is 0. The molecule has 30 heavy (non-hydrogen) atoms. The van der Waals surface area contributed by atoms with E-state index >= 15 is 8.78 Å². The molecule has 0 spiro atoms. The molecule has 2 aliphatic rings. The molecule has 0 amide bonds. The van der Waals surface area contributed by atoms with Crippen LogP contribution in [-0.2, 0) is 19.6 Å². The third kappa shape index (κ3) is 2.71. The molecule has 154 valence electrons. The molecule has 1 aliphatic carbocycles.